The zero-order chi connectivity index (χ0) is 13.2. The monoisotopic (exact) mass is 258 g/mol. The van der Waals surface area contributed by atoms with Crippen molar-refractivity contribution >= 4 is 11.8 Å². The molecule has 0 amide bonds. The SMILES string of the molecule is CC.CCc1ccccc1CSc1ccccc1. The Hall–Kier alpha value is -1.21. The van der Waals surface area contributed by atoms with E-state index >= 15 is 0 Å². The molecule has 2 rings (SSSR count). The highest BCUT2D eigenvalue weighted by Gasteiger charge is 2.00. The normalized spacial score (nSPS) is 9.50. The molecule has 0 spiro atoms. The molecule has 0 heterocycles. The minimum atomic E-state index is 1.06. The molecule has 0 bridgehead atoms. The molecule has 0 radical (unpaired) electrons. The van der Waals surface area contributed by atoms with Gasteiger partial charge in [-0.1, -0.05) is 63.2 Å². The summed E-state index contributed by atoms with van der Waals surface area (Å²) in [6, 6.07) is 19.3. The van der Waals surface area contributed by atoms with Gasteiger partial charge in [0.2, 0.25) is 0 Å². The van der Waals surface area contributed by atoms with Crippen LogP contribution in [0.4, 0.5) is 0 Å². The highest BCUT2D eigenvalue weighted by atomic mass is 32.2. The molecule has 0 saturated carbocycles. The Kier molecular flexibility index (Phi) is 7.28. The average Bonchev–Trinajstić information content (AvgIpc) is 2.48. The summed E-state index contributed by atoms with van der Waals surface area (Å²) in [6.07, 6.45) is 1.12. The molecule has 0 N–H and O–H groups in total. The van der Waals surface area contributed by atoms with Crippen LogP contribution in [0.5, 0.6) is 0 Å². The summed E-state index contributed by atoms with van der Waals surface area (Å²) in [4.78, 5) is 1.34. The smallest absolute Gasteiger partial charge is 0.0234 e. The molecule has 0 saturated heterocycles. The summed E-state index contributed by atoms with van der Waals surface area (Å²) >= 11 is 1.90. The molecule has 0 aliphatic carbocycles. The Morgan fingerprint density at radius 1 is 0.778 bits per heavy atom. The first-order chi connectivity index (χ1) is 8.90. The van der Waals surface area contributed by atoms with Crippen LogP contribution in [0, 0.1) is 0 Å². The minimum Gasteiger partial charge on any atom is -0.121 e. The first-order valence-corrected chi connectivity index (χ1v) is 7.63. The third-order valence-electron chi connectivity index (χ3n) is 2.64. The van der Waals surface area contributed by atoms with Gasteiger partial charge in [-0.05, 0) is 29.7 Å². The number of aryl methyl sites for hydroxylation is 1. The summed E-state index contributed by atoms with van der Waals surface area (Å²) in [5.41, 5.74) is 2.92. The number of rotatable bonds is 4. The van der Waals surface area contributed by atoms with Crippen LogP contribution < -0.4 is 0 Å². The minimum absolute atomic E-state index is 1.06. The van der Waals surface area contributed by atoms with E-state index in [1.54, 1.807) is 0 Å². The Morgan fingerprint density at radius 3 is 1.94 bits per heavy atom. The van der Waals surface area contributed by atoms with Crippen LogP contribution >= 0.6 is 11.8 Å². The molecule has 0 aromatic heterocycles. The molecule has 0 nitrogen and oxygen atoms in total. The van der Waals surface area contributed by atoms with Crippen LogP contribution in [0.25, 0.3) is 0 Å². The van der Waals surface area contributed by atoms with Crippen molar-refractivity contribution in [3.8, 4) is 0 Å². The largest absolute Gasteiger partial charge is 0.121 e. The fourth-order valence-corrected chi connectivity index (χ4v) is 2.67. The van der Waals surface area contributed by atoms with E-state index in [0.717, 1.165) is 12.2 Å². The van der Waals surface area contributed by atoms with Gasteiger partial charge in [-0.2, -0.15) is 0 Å². The number of hydrogen-bond donors (Lipinski definition) is 0. The van der Waals surface area contributed by atoms with Gasteiger partial charge < -0.3 is 0 Å². The van der Waals surface area contributed by atoms with Gasteiger partial charge in [0.15, 0.2) is 0 Å². The first-order valence-electron chi connectivity index (χ1n) is 6.65. The quantitative estimate of drug-likeness (QED) is 0.646. The molecule has 0 atom stereocenters. The van der Waals surface area contributed by atoms with E-state index in [1.165, 1.54) is 16.0 Å². The van der Waals surface area contributed by atoms with Crippen LogP contribution in [0.15, 0.2) is 59.5 Å². The van der Waals surface area contributed by atoms with Gasteiger partial charge in [0.1, 0.15) is 0 Å². The Bertz CT molecular complexity index is 434. The molecule has 0 aliphatic rings. The van der Waals surface area contributed by atoms with E-state index in [-0.39, 0.29) is 0 Å². The topological polar surface area (TPSA) is 0 Å². The second-order valence-electron chi connectivity index (χ2n) is 3.72. The second-order valence-corrected chi connectivity index (χ2v) is 4.77. The van der Waals surface area contributed by atoms with Crippen LogP contribution in [0.3, 0.4) is 0 Å². The lowest BCUT2D eigenvalue weighted by Gasteiger charge is -2.07. The molecule has 0 fully saturated rings. The highest BCUT2D eigenvalue weighted by molar-refractivity contribution is 7.98. The lowest BCUT2D eigenvalue weighted by molar-refractivity contribution is 1.10. The molecule has 0 aliphatic heterocycles. The van der Waals surface area contributed by atoms with E-state index in [4.69, 9.17) is 0 Å². The van der Waals surface area contributed by atoms with E-state index in [1.807, 2.05) is 25.6 Å². The summed E-state index contributed by atoms with van der Waals surface area (Å²) in [7, 11) is 0. The first kappa shape index (κ1) is 14.8. The Balaban J connectivity index is 0.000000771. The predicted molar refractivity (Wildman–Crippen MR) is 83.2 cm³/mol. The van der Waals surface area contributed by atoms with Gasteiger partial charge in [0, 0.05) is 10.6 Å². The van der Waals surface area contributed by atoms with Crippen LogP contribution in [0.1, 0.15) is 31.9 Å². The predicted octanol–water partition coefficient (Wildman–Crippen LogP) is 5.57. The maximum absolute atomic E-state index is 2.23. The summed E-state index contributed by atoms with van der Waals surface area (Å²) in [5.74, 6) is 1.06. The molecule has 2 aromatic rings. The fourth-order valence-electron chi connectivity index (χ4n) is 1.72. The highest BCUT2D eigenvalue weighted by Crippen LogP contribution is 2.24. The zero-order valence-corrected chi connectivity index (χ0v) is 12.3. The number of hydrogen-bond acceptors (Lipinski definition) is 1. The van der Waals surface area contributed by atoms with Crippen molar-refractivity contribution < 1.29 is 0 Å². The molecule has 1 heteroatoms. The van der Waals surface area contributed by atoms with Crippen molar-refractivity contribution in [2.24, 2.45) is 0 Å². The van der Waals surface area contributed by atoms with E-state index < -0.39 is 0 Å². The number of thioether (sulfide) groups is 1. The van der Waals surface area contributed by atoms with Crippen LogP contribution in [-0.2, 0) is 12.2 Å². The third-order valence-corrected chi connectivity index (χ3v) is 3.70. The summed E-state index contributed by atoms with van der Waals surface area (Å²) < 4.78 is 0. The summed E-state index contributed by atoms with van der Waals surface area (Å²) in [6.45, 7) is 6.21. The second kappa shape index (κ2) is 8.82. The average molecular weight is 258 g/mol. The van der Waals surface area contributed by atoms with Gasteiger partial charge in [-0.3, -0.25) is 0 Å². The van der Waals surface area contributed by atoms with Crippen molar-refractivity contribution in [2.75, 3.05) is 0 Å². The van der Waals surface area contributed by atoms with Crippen molar-refractivity contribution in [1.82, 2.24) is 0 Å². The molecule has 0 unspecified atom stereocenters. The third kappa shape index (κ3) is 4.58. The number of benzene rings is 2. The van der Waals surface area contributed by atoms with Gasteiger partial charge in [0.25, 0.3) is 0 Å². The molecule has 96 valence electrons. The van der Waals surface area contributed by atoms with Gasteiger partial charge in [0.05, 0.1) is 0 Å². The Labute approximate surface area is 115 Å². The maximum Gasteiger partial charge on any atom is 0.0234 e. The maximum atomic E-state index is 2.23. The van der Waals surface area contributed by atoms with Crippen molar-refractivity contribution in [1.29, 1.82) is 0 Å². The molecule has 2 aromatic carbocycles. The molecular weight excluding hydrogens is 236 g/mol. The summed E-state index contributed by atoms with van der Waals surface area (Å²) in [5, 5.41) is 0. The fraction of sp³-hybridized carbons (Fsp3) is 0.294. The van der Waals surface area contributed by atoms with Crippen LogP contribution in [0.2, 0.25) is 0 Å². The van der Waals surface area contributed by atoms with Gasteiger partial charge in [-0.25, -0.2) is 0 Å². The van der Waals surface area contributed by atoms with E-state index in [0.29, 0.717) is 0 Å². The molecule has 18 heavy (non-hydrogen) atoms. The van der Waals surface area contributed by atoms with Crippen molar-refractivity contribution in [3.05, 3.63) is 65.7 Å². The van der Waals surface area contributed by atoms with Crippen LogP contribution in [-0.4, -0.2) is 0 Å². The lowest BCUT2D eigenvalue weighted by atomic mass is 10.1. The van der Waals surface area contributed by atoms with Gasteiger partial charge >= 0.3 is 0 Å². The Morgan fingerprint density at radius 2 is 1.33 bits per heavy atom. The standard InChI is InChI=1S/C15H16S.C2H6/c1-2-13-8-6-7-9-14(13)12-16-15-10-4-3-5-11-15;1-2/h3-11H,2,12H2,1H3;1-2H3. The zero-order valence-electron chi connectivity index (χ0n) is 11.5. The van der Waals surface area contributed by atoms with Crippen molar-refractivity contribution in [2.45, 2.75) is 37.8 Å². The van der Waals surface area contributed by atoms with E-state index in [9.17, 15) is 0 Å². The van der Waals surface area contributed by atoms with Gasteiger partial charge in [-0.15, -0.1) is 11.8 Å². The van der Waals surface area contributed by atoms with Crippen molar-refractivity contribution in [3.63, 3.8) is 0 Å². The lowest BCUT2D eigenvalue weighted by Crippen LogP contribution is -1.89. The van der Waals surface area contributed by atoms with E-state index in [2.05, 4.69) is 61.5 Å². The molecular formula is C17H22S.